The van der Waals surface area contributed by atoms with Crippen molar-refractivity contribution in [3.63, 3.8) is 0 Å². The highest BCUT2D eigenvalue weighted by atomic mass is 35.5. The first-order chi connectivity index (χ1) is 12.1. The van der Waals surface area contributed by atoms with Crippen LogP contribution in [0.5, 0.6) is 0 Å². The second-order valence-corrected chi connectivity index (χ2v) is 5.92. The van der Waals surface area contributed by atoms with E-state index in [1.165, 1.54) is 4.90 Å². The van der Waals surface area contributed by atoms with Gasteiger partial charge in [-0.15, -0.1) is 0 Å². The van der Waals surface area contributed by atoms with Crippen molar-refractivity contribution in [1.29, 1.82) is 0 Å². The average Bonchev–Trinajstić information content (AvgIpc) is 2.97. The Kier molecular flexibility index (Phi) is 4.95. The highest BCUT2D eigenvalue weighted by Gasteiger charge is 2.16. The third-order valence-electron chi connectivity index (χ3n) is 3.69. The fourth-order valence-corrected chi connectivity index (χ4v) is 2.56. The van der Waals surface area contributed by atoms with Crippen LogP contribution in [-0.2, 0) is 17.9 Å². The molecule has 3 rings (SSSR count). The van der Waals surface area contributed by atoms with Crippen LogP contribution in [0.2, 0.25) is 5.02 Å². The maximum atomic E-state index is 12.4. The number of hydrogen-bond donors (Lipinski definition) is 0. The van der Waals surface area contributed by atoms with Gasteiger partial charge >= 0.3 is 5.69 Å². The first-order valence-electron chi connectivity index (χ1n) is 7.62. The smallest absolute Gasteiger partial charge is 0.340 e. The van der Waals surface area contributed by atoms with Crippen LogP contribution < -0.4 is 5.69 Å². The van der Waals surface area contributed by atoms with Gasteiger partial charge in [0.05, 0.1) is 10.7 Å². The molecule has 7 nitrogen and oxygen atoms in total. The molecule has 0 unspecified atom stereocenters. The Bertz CT molecular complexity index is 935. The van der Waals surface area contributed by atoms with Gasteiger partial charge in [0.2, 0.25) is 5.91 Å². The summed E-state index contributed by atoms with van der Waals surface area (Å²) in [5.74, 6) is -0.239. The second-order valence-electron chi connectivity index (χ2n) is 5.52. The lowest BCUT2D eigenvalue weighted by Crippen LogP contribution is -2.34. The van der Waals surface area contributed by atoms with Gasteiger partial charge in [0.1, 0.15) is 6.54 Å². The topological polar surface area (TPSA) is 73.0 Å². The zero-order chi connectivity index (χ0) is 17.8. The molecule has 25 heavy (non-hydrogen) atoms. The molecule has 0 aliphatic carbocycles. The van der Waals surface area contributed by atoms with Crippen LogP contribution in [-0.4, -0.2) is 37.6 Å². The van der Waals surface area contributed by atoms with E-state index in [0.29, 0.717) is 17.3 Å². The van der Waals surface area contributed by atoms with Crippen molar-refractivity contribution in [2.24, 2.45) is 0 Å². The van der Waals surface area contributed by atoms with Crippen LogP contribution in [0, 0.1) is 0 Å². The number of carbonyl (C=O) groups excluding carboxylic acids is 1. The second kappa shape index (κ2) is 7.31. The van der Waals surface area contributed by atoms with Gasteiger partial charge in [0.25, 0.3) is 0 Å². The minimum absolute atomic E-state index is 0.188. The van der Waals surface area contributed by atoms with Gasteiger partial charge in [-0.3, -0.25) is 4.79 Å². The number of tetrazole rings is 1. The van der Waals surface area contributed by atoms with Crippen molar-refractivity contribution < 1.29 is 4.79 Å². The number of aromatic nitrogens is 4. The molecule has 128 valence electrons. The third kappa shape index (κ3) is 3.77. The number of nitrogens with zero attached hydrogens (tertiary/aromatic N) is 5. The number of para-hydroxylation sites is 1. The van der Waals surface area contributed by atoms with Crippen LogP contribution in [0.4, 0.5) is 0 Å². The maximum Gasteiger partial charge on any atom is 0.369 e. The van der Waals surface area contributed by atoms with Crippen LogP contribution >= 0.6 is 11.6 Å². The molecule has 8 heteroatoms. The monoisotopic (exact) mass is 357 g/mol. The summed E-state index contributed by atoms with van der Waals surface area (Å²) >= 11 is 6.07. The molecule has 1 aromatic heterocycles. The quantitative estimate of drug-likeness (QED) is 0.697. The minimum atomic E-state index is -0.519. The Morgan fingerprint density at radius 3 is 2.48 bits per heavy atom. The molecule has 0 saturated heterocycles. The van der Waals surface area contributed by atoms with Gasteiger partial charge in [-0.2, -0.15) is 9.36 Å². The molecule has 1 heterocycles. The van der Waals surface area contributed by atoms with Crippen LogP contribution in [0.25, 0.3) is 5.69 Å². The van der Waals surface area contributed by atoms with Crippen molar-refractivity contribution >= 4 is 17.5 Å². The summed E-state index contributed by atoms with van der Waals surface area (Å²) in [5.41, 5.74) is 0.908. The molecule has 0 N–H and O–H groups in total. The number of likely N-dealkylation sites (N-methyl/N-ethyl adjacent to an activating group) is 1. The van der Waals surface area contributed by atoms with E-state index in [2.05, 4.69) is 10.4 Å². The van der Waals surface area contributed by atoms with Gasteiger partial charge in [-0.25, -0.2) is 4.79 Å². The maximum absolute atomic E-state index is 12.4. The largest absolute Gasteiger partial charge is 0.369 e. The molecule has 1 amide bonds. The first kappa shape index (κ1) is 16.9. The van der Waals surface area contributed by atoms with E-state index >= 15 is 0 Å². The normalized spacial score (nSPS) is 10.6. The molecule has 0 radical (unpaired) electrons. The Balaban J connectivity index is 1.74. The number of carbonyl (C=O) groups is 1. The van der Waals surface area contributed by atoms with Gasteiger partial charge in [-0.1, -0.05) is 54.1 Å². The number of halogens is 1. The lowest BCUT2D eigenvalue weighted by Gasteiger charge is -2.16. The van der Waals surface area contributed by atoms with E-state index in [-0.39, 0.29) is 12.5 Å². The molecule has 0 saturated carbocycles. The fraction of sp³-hybridized carbons (Fsp3) is 0.176. The van der Waals surface area contributed by atoms with E-state index < -0.39 is 5.69 Å². The van der Waals surface area contributed by atoms with E-state index in [1.807, 2.05) is 30.3 Å². The standard InChI is InChI=1S/C17H16ClN5O2/c1-21(11-13-7-3-2-4-8-13)16(24)12-22-17(25)23(20-19-22)15-10-6-5-9-14(15)18/h2-10H,11-12H2,1H3. The Morgan fingerprint density at radius 2 is 1.76 bits per heavy atom. The van der Waals surface area contributed by atoms with Gasteiger partial charge in [0, 0.05) is 13.6 Å². The van der Waals surface area contributed by atoms with Crippen LogP contribution in [0.15, 0.2) is 59.4 Å². The zero-order valence-corrected chi connectivity index (χ0v) is 14.3. The molecule has 0 bridgehead atoms. The molecule has 0 spiro atoms. The first-order valence-corrected chi connectivity index (χ1v) is 7.99. The van der Waals surface area contributed by atoms with Crippen LogP contribution in [0.3, 0.4) is 0 Å². The Morgan fingerprint density at radius 1 is 1.08 bits per heavy atom. The van der Waals surface area contributed by atoms with Crippen LogP contribution in [0.1, 0.15) is 5.56 Å². The summed E-state index contributed by atoms with van der Waals surface area (Å²) in [4.78, 5) is 26.3. The summed E-state index contributed by atoms with van der Waals surface area (Å²) in [6.07, 6.45) is 0. The molecule has 0 aliphatic rings. The van der Waals surface area contributed by atoms with Gasteiger partial charge < -0.3 is 4.90 Å². The molecule has 3 aromatic rings. The number of rotatable bonds is 5. The summed E-state index contributed by atoms with van der Waals surface area (Å²) in [5, 5.41) is 7.96. The van der Waals surface area contributed by atoms with E-state index in [9.17, 15) is 9.59 Å². The lowest BCUT2D eigenvalue weighted by atomic mass is 10.2. The summed E-state index contributed by atoms with van der Waals surface area (Å²) in [6.45, 7) is 0.264. The number of amides is 1. The zero-order valence-electron chi connectivity index (χ0n) is 13.5. The Labute approximate surface area is 149 Å². The molecule has 0 aliphatic heterocycles. The van der Waals surface area contributed by atoms with Crippen molar-refractivity contribution in [3.05, 3.63) is 75.7 Å². The highest BCUT2D eigenvalue weighted by Crippen LogP contribution is 2.16. The molecular weight excluding hydrogens is 342 g/mol. The minimum Gasteiger partial charge on any atom is -0.340 e. The number of benzene rings is 2. The predicted molar refractivity (Wildman–Crippen MR) is 93.5 cm³/mol. The molecule has 0 fully saturated rings. The van der Waals surface area contributed by atoms with Crippen molar-refractivity contribution in [1.82, 2.24) is 24.7 Å². The highest BCUT2D eigenvalue weighted by molar-refractivity contribution is 6.32. The lowest BCUT2D eigenvalue weighted by molar-refractivity contribution is -0.131. The summed E-state index contributed by atoms with van der Waals surface area (Å²) in [6, 6.07) is 16.4. The third-order valence-corrected chi connectivity index (χ3v) is 4.01. The molecule has 2 aromatic carbocycles. The number of hydrogen-bond acceptors (Lipinski definition) is 4. The van der Waals surface area contributed by atoms with Crippen molar-refractivity contribution in [2.75, 3.05) is 7.05 Å². The summed E-state index contributed by atoms with van der Waals surface area (Å²) in [7, 11) is 1.68. The SMILES string of the molecule is CN(Cc1ccccc1)C(=O)Cn1nnn(-c2ccccc2Cl)c1=O. The predicted octanol–water partition coefficient (Wildman–Crippen LogP) is 1.74. The Hall–Kier alpha value is -2.93. The average molecular weight is 358 g/mol. The van der Waals surface area contributed by atoms with E-state index in [4.69, 9.17) is 11.6 Å². The molecule has 0 atom stereocenters. The van der Waals surface area contributed by atoms with Crippen molar-refractivity contribution in [2.45, 2.75) is 13.1 Å². The van der Waals surface area contributed by atoms with Gasteiger partial charge in [0.15, 0.2) is 0 Å². The fourth-order valence-electron chi connectivity index (χ4n) is 2.34. The molecular formula is C17H16ClN5O2. The van der Waals surface area contributed by atoms with Crippen molar-refractivity contribution in [3.8, 4) is 5.69 Å². The van der Waals surface area contributed by atoms with E-state index in [0.717, 1.165) is 14.9 Å². The van der Waals surface area contributed by atoms with E-state index in [1.54, 1.807) is 31.3 Å². The summed E-state index contributed by atoms with van der Waals surface area (Å²) < 4.78 is 2.10. The van der Waals surface area contributed by atoms with Gasteiger partial charge in [-0.05, 0) is 28.1 Å².